The Morgan fingerprint density at radius 2 is 2.00 bits per heavy atom. The SMILES string of the molecule is C[C@@H](CCc1ccco1)NC(=S)Nc1ccc(SC(F)F)cc1. The first kappa shape index (κ1) is 17.7. The third-order valence-corrected chi connectivity index (χ3v) is 4.06. The average Bonchev–Trinajstić information content (AvgIpc) is 3.00. The molecule has 0 aliphatic heterocycles. The Morgan fingerprint density at radius 3 is 2.61 bits per heavy atom. The number of nitrogens with one attached hydrogen (secondary N) is 2. The number of thiocarbonyl (C=S) groups is 1. The molecule has 0 spiro atoms. The van der Waals surface area contributed by atoms with Gasteiger partial charge in [-0.1, -0.05) is 11.8 Å². The van der Waals surface area contributed by atoms with Crippen molar-refractivity contribution in [3.05, 3.63) is 48.4 Å². The largest absolute Gasteiger partial charge is 0.469 e. The van der Waals surface area contributed by atoms with Crippen molar-refractivity contribution < 1.29 is 13.2 Å². The smallest absolute Gasteiger partial charge is 0.288 e. The minimum Gasteiger partial charge on any atom is -0.469 e. The molecule has 0 aliphatic carbocycles. The number of furan rings is 1. The Morgan fingerprint density at radius 1 is 1.26 bits per heavy atom. The van der Waals surface area contributed by atoms with Crippen molar-refractivity contribution in [2.24, 2.45) is 0 Å². The van der Waals surface area contributed by atoms with Crippen LogP contribution in [0.4, 0.5) is 14.5 Å². The van der Waals surface area contributed by atoms with Gasteiger partial charge in [0.25, 0.3) is 5.76 Å². The summed E-state index contributed by atoms with van der Waals surface area (Å²) in [6.07, 6.45) is 3.39. The monoisotopic (exact) mass is 356 g/mol. The number of benzene rings is 1. The number of hydrogen-bond acceptors (Lipinski definition) is 3. The van der Waals surface area contributed by atoms with Gasteiger partial charge in [0, 0.05) is 23.0 Å². The molecule has 7 heteroatoms. The maximum Gasteiger partial charge on any atom is 0.288 e. The van der Waals surface area contributed by atoms with Crippen molar-refractivity contribution in [2.75, 3.05) is 5.32 Å². The molecule has 1 atom stereocenters. The molecule has 0 saturated carbocycles. The van der Waals surface area contributed by atoms with Crippen LogP contribution >= 0.6 is 24.0 Å². The zero-order valence-electron chi connectivity index (χ0n) is 12.6. The number of alkyl halides is 2. The van der Waals surface area contributed by atoms with Crippen molar-refractivity contribution in [2.45, 2.75) is 36.5 Å². The van der Waals surface area contributed by atoms with Gasteiger partial charge in [0.05, 0.1) is 6.26 Å². The van der Waals surface area contributed by atoms with Crippen LogP contribution < -0.4 is 10.6 Å². The molecule has 124 valence electrons. The van der Waals surface area contributed by atoms with Gasteiger partial charge in [0.2, 0.25) is 0 Å². The second-order valence-electron chi connectivity index (χ2n) is 5.02. The van der Waals surface area contributed by atoms with E-state index in [4.69, 9.17) is 16.6 Å². The molecule has 0 fully saturated rings. The molecular weight excluding hydrogens is 338 g/mol. The van der Waals surface area contributed by atoms with Gasteiger partial charge < -0.3 is 15.1 Å². The van der Waals surface area contributed by atoms with Crippen LogP contribution in [0.2, 0.25) is 0 Å². The molecule has 1 aromatic heterocycles. The summed E-state index contributed by atoms with van der Waals surface area (Å²) >= 11 is 5.78. The first-order chi connectivity index (χ1) is 11.0. The molecule has 3 nitrogen and oxygen atoms in total. The first-order valence-corrected chi connectivity index (χ1v) is 8.46. The third-order valence-electron chi connectivity index (χ3n) is 3.12. The van der Waals surface area contributed by atoms with Gasteiger partial charge in [0.15, 0.2) is 5.11 Å². The van der Waals surface area contributed by atoms with E-state index in [0.717, 1.165) is 24.3 Å². The maximum atomic E-state index is 12.3. The Kier molecular flexibility index (Phi) is 6.85. The summed E-state index contributed by atoms with van der Waals surface area (Å²) in [7, 11) is 0. The van der Waals surface area contributed by atoms with E-state index in [0.29, 0.717) is 21.8 Å². The van der Waals surface area contributed by atoms with Gasteiger partial charge >= 0.3 is 0 Å². The predicted octanol–water partition coefficient (Wildman–Crippen LogP) is 4.90. The standard InChI is InChI=1S/C16H18F2N2OS2/c1-11(4-7-13-3-2-10-21-13)19-16(22)20-12-5-8-14(9-6-12)23-15(17)18/h2-3,5-6,8-11,15H,4,7H2,1H3,(H2,19,20,22)/t11-/m0/s1. The number of halogens is 2. The van der Waals surface area contributed by atoms with E-state index < -0.39 is 5.76 Å². The lowest BCUT2D eigenvalue weighted by atomic mass is 10.1. The Bertz CT molecular complexity index is 603. The van der Waals surface area contributed by atoms with Gasteiger partial charge in [-0.05, 0) is 62.0 Å². The second kappa shape index (κ2) is 8.88. The predicted molar refractivity (Wildman–Crippen MR) is 94.2 cm³/mol. The fourth-order valence-electron chi connectivity index (χ4n) is 2.00. The van der Waals surface area contributed by atoms with Gasteiger partial charge in [-0.25, -0.2) is 0 Å². The third kappa shape index (κ3) is 6.58. The number of hydrogen-bond donors (Lipinski definition) is 2. The molecule has 0 radical (unpaired) electrons. The molecule has 2 N–H and O–H groups in total. The topological polar surface area (TPSA) is 37.2 Å². The number of anilines is 1. The summed E-state index contributed by atoms with van der Waals surface area (Å²) in [5.41, 5.74) is 0.763. The Labute approximate surface area is 143 Å². The second-order valence-corrected chi connectivity index (χ2v) is 6.49. The molecular formula is C16H18F2N2OS2. The Hall–Kier alpha value is -1.60. The van der Waals surface area contributed by atoms with E-state index in [9.17, 15) is 8.78 Å². The highest BCUT2D eigenvalue weighted by Crippen LogP contribution is 2.26. The first-order valence-electron chi connectivity index (χ1n) is 7.17. The van der Waals surface area contributed by atoms with E-state index in [1.807, 2.05) is 19.1 Å². The number of thioether (sulfide) groups is 1. The molecule has 0 unspecified atom stereocenters. The summed E-state index contributed by atoms with van der Waals surface area (Å²) in [6, 6.07) is 10.7. The van der Waals surface area contributed by atoms with E-state index in [2.05, 4.69) is 10.6 Å². The highest BCUT2D eigenvalue weighted by molar-refractivity contribution is 7.99. The normalized spacial score (nSPS) is 12.2. The molecule has 1 heterocycles. The minimum atomic E-state index is -2.41. The quantitative estimate of drug-likeness (QED) is 0.545. The molecule has 0 aliphatic rings. The molecule has 0 saturated heterocycles. The summed E-state index contributed by atoms with van der Waals surface area (Å²) in [5.74, 6) is -1.46. The van der Waals surface area contributed by atoms with Crippen molar-refractivity contribution in [1.29, 1.82) is 0 Å². The van der Waals surface area contributed by atoms with Crippen LogP contribution in [0.15, 0.2) is 52.0 Å². The van der Waals surface area contributed by atoms with Crippen molar-refractivity contribution in [3.63, 3.8) is 0 Å². The average molecular weight is 356 g/mol. The van der Waals surface area contributed by atoms with E-state index in [1.165, 1.54) is 0 Å². The van der Waals surface area contributed by atoms with E-state index in [-0.39, 0.29) is 6.04 Å². The summed E-state index contributed by atoms with van der Waals surface area (Å²) in [5, 5.41) is 6.74. The molecule has 2 rings (SSSR count). The van der Waals surface area contributed by atoms with Gasteiger partial charge in [0.1, 0.15) is 5.76 Å². The summed E-state index contributed by atoms with van der Waals surface area (Å²) in [4.78, 5) is 0.524. The van der Waals surface area contributed by atoms with Crippen LogP contribution in [-0.2, 0) is 6.42 Å². The molecule has 23 heavy (non-hydrogen) atoms. The fourth-order valence-corrected chi connectivity index (χ4v) is 2.81. The zero-order valence-corrected chi connectivity index (χ0v) is 14.2. The van der Waals surface area contributed by atoms with Crippen molar-refractivity contribution in [3.8, 4) is 0 Å². The Balaban J connectivity index is 1.75. The summed E-state index contributed by atoms with van der Waals surface area (Å²) < 4.78 is 29.8. The highest BCUT2D eigenvalue weighted by atomic mass is 32.2. The van der Waals surface area contributed by atoms with Crippen LogP contribution in [0, 0.1) is 0 Å². The highest BCUT2D eigenvalue weighted by Gasteiger charge is 2.07. The molecule has 0 bridgehead atoms. The molecule has 2 aromatic rings. The lowest BCUT2D eigenvalue weighted by molar-refractivity contribution is 0.252. The van der Waals surface area contributed by atoms with Crippen LogP contribution in [0.5, 0.6) is 0 Å². The lowest BCUT2D eigenvalue weighted by Crippen LogP contribution is -2.36. The zero-order chi connectivity index (χ0) is 16.7. The van der Waals surface area contributed by atoms with Crippen LogP contribution in [0.3, 0.4) is 0 Å². The van der Waals surface area contributed by atoms with Crippen LogP contribution in [0.1, 0.15) is 19.1 Å². The lowest BCUT2D eigenvalue weighted by Gasteiger charge is -2.16. The fraction of sp³-hybridized carbons (Fsp3) is 0.312. The van der Waals surface area contributed by atoms with Gasteiger partial charge in [-0.15, -0.1) is 0 Å². The minimum absolute atomic E-state index is 0.189. The maximum absolute atomic E-state index is 12.3. The van der Waals surface area contributed by atoms with Crippen molar-refractivity contribution in [1.82, 2.24) is 5.32 Å². The van der Waals surface area contributed by atoms with Gasteiger partial charge in [-0.2, -0.15) is 8.78 Å². The number of rotatable bonds is 7. The van der Waals surface area contributed by atoms with E-state index >= 15 is 0 Å². The summed E-state index contributed by atoms with van der Waals surface area (Å²) in [6.45, 7) is 2.04. The van der Waals surface area contributed by atoms with Crippen LogP contribution in [-0.4, -0.2) is 16.9 Å². The van der Waals surface area contributed by atoms with Crippen LogP contribution in [0.25, 0.3) is 0 Å². The van der Waals surface area contributed by atoms with E-state index in [1.54, 1.807) is 30.5 Å². The van der Waals surface area contributed by atoms with Gasteiger partial charge in [-0.3, -0.25) is 0 Å². The number of aryl methyl sites for hydroxylation is 1. The van der Waals surface area contributed by atoms with Crippen molar-refractivity contribution >= 4 is 34.8 Å². The molecule has 0 amide bonds. The molecule has 1 aromatic carbocycles.